The van der Waals surface area contributed by atoms with E-state index in [4.69, 9.17) is 5.73 Å². The number of aromatic amines is 1. The lowest BCUT2D eigenvalue weighted by Gasteiger charge is -2.01. The standard InChI is InChI=1S/C15H14FN3/c1-9-6-10(2-4-12(9)16)7-15-18-13-5-3-11(17)8-14(13)19-15/h2-6,8H,7,17H2,1H3,(H,18,19). The van der Waals surface area contributed by atoms with Gasteiger partial charge >= 0.3 is 0 Å². The maximum absolute atomic E-state index is 13.2. The van der Waals surface area contributed by atoms with Gasteiger partial charge in [0.15, 0.2) is 0 Å². The molecule has 0 unspecified atom stereocenters. The number of benzene rings is 2. The number of H-pyrrole nitrogens is 1. The lowest BCUT2D eigenvalue weighted by molar-refractivity contribution is 0.617. The molecule has 4 heteroatoms. The maximum Gasteiger partial charge on any atom is 0.126 e. The molecule has 0 aliphatic carbocycles. The highest BCUT2D eigenvalue weighted by atomic mass is 19.1. The fourth-order valence-electron chi connectivity index (χ4n) is 2.17. The molecule has 3 aromatic rings. The van der Waals surface area contributed by atoms with E-state index in [9.17, 15) is 4.39 Å². The number of halogens is 1. The van der Waals surface area contributed by atoms with Gasteiger partial charge in [0.25, 0.3) is 0 Å². The number of nitrogens with zero attached hydrogens (tertiary/aromatic N) is 1. The zero-order chi connectivity index (χ0) is 13.4. The van der Waals surface area contributed by atoms with Crippen molar-refractivity contribution >= 4 is 16.7 Å². The number of nitrogen functional groups attached to an aromatic ring is 1. The van der Waals surface area contributed by atoms with Crippen molar-refractivity contribution in [2.45, 2.75) is 13.3 Å². The van der Waals surface area contributed by atoms with Crippen LogP contribution in [0.5, 0.6) is 0 Å². The molecule has 0 atom stereocenters. The Morgan fingerprint density at radius 2 is 2.05 bits per heavy atom. The van der Waals surface area contributed by atoms with E-state index in [1.807, 2.05) is 24.3 Å². The van der Waals surface area contributed by atoms with Crippen LogP contribution in [-0.2, 0) is 6.42 Å². The molecule has 3 N–H and O–H groups in total. The minimum atomic E-state index is -0.180. The minimum absolute atomic E-state index is 0.180. The number of aryl methyl sites for hydroxylation is 1. The van der Waals surface area contributed by atoms with E-state index in [2.05, 4.69) is 9.97 Å². The van der Waals surface area contributed by atoms with E-state index in [0.29, 0.717) is 17.7 Å². The van der Waals surface area contributed by atoms with Crippen LogP contribution in [0.2, 0.25) is 0 Å². The van der Waals surface area contributed by atoms with E-state index in [0.717, 1.165) is 22.4 Å². The second-order valence-corrected chi connectivity index (χ2v) is 4.72. The number of nitrogens with two attached hydrogens (primary N) is 1. The number of fused-ring (bicyclic) bond motifs is 1. The molecular weight excluding hydrogens is 241 g/mol. The summed E-state index contributed by atoms with van der Waals surface area (Å²) in [5, 5.41) is 0. The Hall–Kier alpha value is -2.36. The lowest BCUT2D eigenvalue weighted by atomic mass is 10.1. The van der Waals surface area contributed by atoms with Crippen LogP contribution >= 0.6 is 0 Å². The Kier molecular flexibility index (Phi) is 2.71. The molecule has 0 aliphatic heterocycles. The topological polar surface area (TPSA) is 54.7 Å². The van der Waals surface area contributed by atoms with Crippen molar-refractivity contribution in [3.63, 3.8) is 0 Å². The molecule has 0 amide bonds. The highest BCUT2D eigenvalue weighted by Crippen LogP contribution is 2.17. The molecule has 96 valence electrons. The largest absolute Gasteiger partial charge is 0.399 e. The third kappa shape index (κ3) is 2.29. The van der Waals surface area contributed by atoms with Crippen molar-refractivity contribution in [3.8, 4) is 0 Å². The highest BCUT2D eigenvalue weighted by Gasteiger charge is 2.05. The lowest BCUT2D eigenvalue weighted by Crippen LogP contribution is -1.92. The van der Waals surface area contributed by atoms with E-state index >= 15 is 0 Å². The third-order valence-electron chi connectivity index (χ3n) is 3.15. The van der Waals surface area contributed by atoms with E-state index < -0.39 is 0 Å². The molecule has 0 aliphatic rings. The first-order chi connectivity index (χ1) is 9.11. The summed E-state index contributed by atoms with van der Waals surface area (Å²) in [6.45, 7) is 1.76. The predicted molar refractivity (Wildman–Crippen MR) is 74.4 cm³/mol. The number of rotatable bonds is 2. The van der Waals surface area contributed by atoms with Crippen LogP contribution in [0.4, 0.5) is 10.1 Å². The summed E-state index contributed by atoms with van der Waals surface area (Å²) < 4.78 is 13.2. The molecule has 0 saturated heterocycles. The van der Waals surface area contributed by atoms with Gasteiger partial charge in [-0.25, -0.2) is 9.37 Å². The van der Waals surface area contributed by atoms with Gasteiger partial charge in [-0.1, -0.05) is 12.1 Å². The summed E-state index contributed by atoms with van der Waals surface area (Å²) in [4.78, 5) is 7.73. The first-order valence-electron chi connectivity index (χ1n) is 6.11. The number of imidazole rings is 1. The average Bonchev–Trinajstić information content (AvgIpc) is 2.75. The zero-order valence-corrected chi connectivity index (χ0v) is 10.6. The molecule has 19 heavy (non-hydrogen) atoms. The molecule has 0 fully saturated rings. The average molecular weight is 255 g/mol. The van der Waals surface area contributed by atoms with Crippen LogP contribution in [0.1, 0.15) is 17.0 Å². The van der Waals surface area contributed by atoms with Gasteiger partial charge in [-0.05, 0) is 42.3 Å². The van der Waals surface area contributed by atoms with Crippen molar-refractivity contribution < 1.29 is 4.39 Å². The summed E-state index contributed by atoms with van der Waals surface area (Å²) in [5.41, 5.74) is 9.94. The number of hydrogen-bond donors (Lipinski definition) is 2. The Morgan fingerprint density at radius 3 is 2.84 bits per heavy atom. The quantitative estimate of drug-likeness (QED) is 0.691. The molecule has 1 heterocycles. The monoisotopic (exact) mass is 255 g/mol. The predicted octanol–water partition coefficient (Wildman–Crippen LogP) is 3.18. The summed E-state index contributed by atoms with van der Waals surface area (Å²) in [5.74, 6) is 0.674. The van der Waals surface area contributed by atoms with Gasteiger partial charge in [0, 0.05) is 12.1 Å². The van der Waals surface area contributed by atoms with E-state index in [1.54, 1.807) is 13.0 Å². The van der Waals surface area contributed by atoms with Gasteiger partial charge in [0.05, 0.1) is 11.0 Å². The summed E-state index contributed by atoms with van der Waals surface area (Å²) in [7, 11) is 0. The van der Waals surface area contributed by atoms with Crippen LogP contribution in [0, 0.1) is 12.7 Å². The van der Waals surface area contributed by atoms with Crippen LogP contribution < -0.4 is 5.73 Å². The van der Waals surface area contributed by atoms with Gasteiger partial charge in [-0.15, -0.1) is 0 Å². The number of nitrogens with one attached hydrogen (secondary N) is 1. The summed E-state index contributed by atoms with van der Waals surface area (Å²) in [6.07, 6.45) is 0.649. The minimum Gasteiger partial charge on any atom is -0.399 e. The second kappa shape index (κ2) is 4.39. The number of aromatic nitrogens is 2. The Bertz CT molecular complexity index is 746. The van der Waals surface area contributed by atoms with Gasteiger partial charge in [-0.3, -0.25) is 0 Å². The summed E-state index contributed by atoms with van der Waals surface area (Å²) >= 11 is 0. The SMILES string of the molecule is Cc1cc(Cc2nc3ccc(N)cc3[nH]2)ccc1F. The molecule has 3 rings (SSSR count). The second-order valence-electron chi connectivity index (χ2n) is 4.72. The van der Waals surface area contributed by atoms with Gasteiger partial charge < -0.3 is 10.7 Å². The normalized spacial score (nSPS) is 11.1. The smallest absolute Gasteiger partial charge is 0.126 e. The van der Waals surface area contributed by atoms with Gasteiger partial charge in [0.1, 0.15) is 11.6 Å². The maximum atomic E-state index is 13.2. The number of hydrogen-bond acceptors (Lipinski definition) is 2. The van der Waals surface area contributed by atoms with Crippen LogP contribution in [-0.4, -0.2) is 9.97 Å². The Balaban J connectivity index is 1.94. The molecule has 0 spiro atoms. The van der Waals surface area contributed by atoms with Crippen molar-refractivity contribution in [3.05, 3.63) is 59.2 Å². The van der Waals surface area contributed by atoms with Crippen LogP contribution in [0.15, 0.2) is 36.4 Å². The number of anilines is 1. The molecule has 2 aromatic carbocycles. The third-order valence-corrected chi connectivity index (χ3v) is 3.15. The molecule has 0 radical (unpaired) electrons. The van der Waals surface area contributed by atoms with Gasteiger partial charge in [-0.2, -0.15) is 0 Å². The molecule has 0 saturated carbocycles. The van der Waals surface area contributed by atoms with E-state index in [-0.39, 0.29) is 5.82 Å². The van der Waals surface area contributed by atoms with Crippen molar-refractivity contribution in [2.24, 2.45) is 0 Å². The fourth-order valence-corrected chi connectivity index (χ4v) is 2.17. The Morgan fingerprint density at radius 1 is 1.21 bits per heavy atom. The highest BCUT2D eigenvalue weighted by molar-refractivity contribution is 5.78. The van der Waals surface area contributed by atoms with Crippen molar-refractivity contribution in [2.75, 3.05) is 5.73 Å². The van der Waals surface area contributed by atoms with Crippen molar-refractivity contribution in [1.82, 2.24) is 9.97 Å². The summed E-state index contributed by atoms with van der Waals surface area (Å²) in [6, 6.07) is 10.7. The fraction of sp³-hybridized carbons (Fsp3) is 0.133. The Labute approximate surface area is 110 Å². The molecule has 3 nitrogen and oxygen atoms in total. The molecule has 1 aromatic heterocycles. The van der Waals surface area contributed by atoms with Crippen LogP contribution in [0.25, 0.3) is 11.0 Å². The first-order valence-corrected chi connectivity index (χ1v) is 6.11. The molecule has 0 bridgehead atoms. The molecular formula is C15H14FN3. The zero-order valence-electron chi connectivity index (χ0n) is 10.6. The van der Waals surface area contributed by atoms with Gasteiger partial charge in [0.2, 0.25) is 0 Å². The first kappa shape index (κ1) is 11.7. The van der Waals surface area contributed by atoms with Crippen molar-refractivity contribution in [1.29, 1.82) is 0 Å². The van der Waals surface area contributed by atoms with E-state index in [1.165, 1.54) is 6.07 Å². The van der Waals surface area contributed by atoms with Crippen LogP contribution in [0.3, 0.4) is 0 Å².